The molecule has 0 spiro atoms. The van der Waals surface area contributed by atoms with Crippen molar-refractivity contribution in [1.82, 2.24) is 10.6 Å². The lowest BCUT2D eigenvalue weighted by Gasteiger charge is -2.13. The Hall–Kier alpha value is -0.920. The van der Waals surface area contributed by atoms with Gasteiger partial charge in [0.25, 0.3) is 0 Å². The molecule has 2 rings (SSSR count). The van der Waals surface area contributed by atoms with Gasteiger partial charge in [0.2, 0.25) is 0 Å². The van der Waals surface area contributed by atoms with Crippen LogP contribution in [0.2, 0.25) is 0 Å². The van der Waals surface area contributed by atoms with Crippen LogP contribution in [0, 0.1) is 11.6 Å². The summed E-state index contributed by atoms with van der Waals surface area (Å²) in [7, 11) is 0. The maximum atomic E-state index is 13.2. The summed E-state index contributed by atoms with van der Waals surface area (Å²) in [4.78, 5) is 4.50. The van der Waals surface area contributed by atoms with Gasteiger partial charge in [0.15, 0.2) is 17.6 Å². The zero-order valence-electron chi connectivity index (χ0n) is 12.3. The van der Waals surface area contributed by atoms with Crippen molar-refractivity contribution in [2.45, 2.75) is 38.6 Å². The second-order valence-electron chi connectivity index (χ2n) is 5.21. The molecule has 0 radical (unpaired) electrons. The summed E-state index contributed by atoms with van der Waals surface area (Å²) in [6.07, 6.45) is 2.37. The van der Waals surface area contributed by atoms with E-state index >= 15 is 0 Å². The summed E-state index contributed by atoms with van der Waals surface area (Å²) in [6, 6.07) is 4.56. The van der Waals surface area contributed by atoms with Gasteiger partial charge < -0.3 is 10.6 Å². The molecule has 1 aromatic rings. The molecule has 1 aliphatic carbocycles. The van der Waals surface area contributed by atoms with Crippen LogP contribution >= 0.6 is 24.0 Å². The lowest BCUT2D eigenvalue weighted by molar-refractivity contribution is 0.505. The molecule has 0 heterocycles. The molecule has 0 aromatic heterocycles. The van der Waals surface area contributed by atoms with Gasteiger partial charge in [-0.25, -0.2) is 8.78 Å². The number of nitrogens with one attached hydrogen (secondary N) is 2. The summed E-state index contributed by atoms with van der Waals surface area (Å²) in [5.41, 5.74) is 0.759. The van der Waals surface area contributed by atoms with E-state index in [0.29, 0.717) is 12.6 Å². The molecule has 3 nitrogen and oxygen atoms in total. The fourth-order valence-electron chi connectivity index (χ4n) is 1.89. The van der Waals surface area contributed by atoms with Gasteiger partial charge in [0.05, 0.1) is 0 Å². The average molecular weight is 409 g/mol. The number of benzene rings is 1. The summed E-state index contributed by atoms with van der Waals surface area (Å²) >= 11 is 0. The number of aliphatic imine (C=N–C) groups is 1. The summed E-state index contributed by atoms with van der Waals surface area (Å²) < 4.78 is 26.1. The summed E-state index contributed by atoms with van der Waals surface area (Å²) in [5.74, 6) is -0.779. The highest BCUT2D eigenvalue weighted by molar-refractivity contribution is 14.0. The normalized spacial score (nSPS) is 16.1. The van der Waals surface area contributed by atoms with Crippen LogP contribution in [-0.4, -0.2) is 25.1 Å². The van der Waals surface area contributed by atoms with Crippen molar-refractivity contribution in [2.24, 2.45) is 4.99 Å². The van der Waals surface area contributed by atoms with Gasteiger partial charge in [-0.15, -0.1) is 24.0 Å². The summed E-state index contributed by atoms with van der Waals surface area (Å²) in [5, 5.41) is 6.51. The minimum absolute atomic E-state index is 0. The van der Waals surface area contributed by atoms with E-state index in [0.717, 1.165) is 18.1 Å². The second kappa shape index (κ2) is 8.51. The molecular formula is C15H22F2IN3. The van der Waals surface area contributed by atoms with Crippen LogP contribution in [0.25, 0.3) is 0 Å². The van der Waals surface area contributed by atoms with Crippen LogP contribution in [0.1, 0.15) is 38.2 Å². The predicted molar refractivity (Wildman–Crippen MR) is 92.3 cm³/mol. The molecule has 0 amide bonds. The SMILES string of the molecule is CCNC(=NCC(C)c1ccc(F)c(F)c1)NC1CC1.I. The van der Waals surface area contributed by atoms with E-state index in [1.165, 1.54) is 25.0 Å². The molecule has 118 valence electrons. The van der Waals surface area contributed by atoms with Crippen molar-refractivity contribution < 1.29 is 8.78 Å². The lowest BCUT2D eigenvalue weighted by atomic mass is 10.0. The zero-order valence-corrected chi connectivity index (χ0v) is 14.7. The highest BCUT2D eigenvalue weighted by Gasteiger charge is 2.22. The number of guanidine groups is 1. The molecule has 1 atom stereocenters. The number of halogens is 3. The minimum Gasteiger partial charge on any atom is -0.357 e. The molecule has 1 saturated carbocycles. The number of hydrogen-bond donors (Lipinski definition) is 2. The molecule has 1 aromatic carbocycles. The standard InChI is InChI=1S/C15H21F2N3.HI/c1-3-18-15(20-12-5-6-12)19-9-10(2)11-4-7-13(16)14(17)8-11;/h4,7-8,10,12H,3,5-6,9H2,1-2H3,(H2,18,19,20);1H. The molecule has 6 heteroatoms. The van der Waals surface area contributed by atoms with Crippen LogP contribution in [0.3, 0.4) is 0 Å². The maximum absolute atomic E-state index is 13.2. The Morgan fingerprint density at radius 2 is 2.05 bits per heavy atom. The minimum atomic E-state index is -0.812. The Kier molecular flexibility index (Phi) is 7.34. The summed E-state index contributed by atoms with van der Waals surface area (Å²) in [6.45, 7) is 5.31. The topological polar surface area (TPSA) is 36.4 Å². The van der Waals surface area contributed by atoms with E-state index in [-0.39, 0.29) is 29.9 Å². The highest BCUT2D eigenvalue weighted by Crippen LogP contribution is 2.20. The molecule has 1 fully saturated rings. The average Bonchev–Trinajstić information content (AvgIpc) is 3.23. The van der Waals surface area contributed by atoms with E-state index in [1.807, 2.05) is 13.8 Å². The Labute approximate surface area is 141 Å². The number of rotatable bonds is 5. The van der Waals surface area contributed by atoms with Gasteiger partial charge in [-0.1, -0.05) is 13.0 Å². The Morgan fingerprint density at radius 1 is 1.33 bits per heavy atom. The van der Waals surface area contributed by atoms with Crippen LogP contribution in [0.15, 0.2) is 23.2 Å². The monoisotopic (exact) mass is 409 g/mol. The van der Waals surface area contributed by atoms with Gasteiger partial charge in [-0.05, 0) is 37.5 Å². The van der Waals surface area contributed by atoms with Crippen molar-refractivity contribution in [2.75, 3.05) is 13.1 Å². The molecule has 21 heavy (non-hydrogen) atoms. The zero-order chi connectivity index (χ0) is 14.5. The molecule has 0 bridgehead atoms. The van der Waals surface area contributed by atoms with Crippen molar-refractivity contribution in [3.8, 4) is 0 Å². The van der Waals surface area contributed by atoms with Crippen molar-refractivity contribution in [3.63, 3.8) is 0 Å². The number of nitrogens with zero attached hydrogens (tertiary/aromatic N) is 1. The van der Waals surface area contributed by atoms with E-state index in [1.54, 1.807) is 6.07 Å². The van der Waals surface area contributed by atoms with Crippen LogP contribution < -0.4 is 10.6 Å². The third-order valence-electron chi connectivity index (χ3n) is 3.30. The van der Waals surface area contributed by atoms with Gasteiger partial charge in [-0.3, -0.25) is 4.99 Å². The third kappa shape index (κ3) is 5.76. The van der Waals surface area contributed by atoms with E-state index in [4.69, 9.17) is 0 Å². The van der Waals surface area contributed by atoms with Crippen molar-refractivity contribution in [1.29, 1.82) is 0 Å². The Bertz CT molecular complexity index is 490. The fourth-order valence-corrected chi connectivity index (χ4v) is 1.89. The fraction of sp³-hybridized carbons (Fsp3) is 0.533. The van der Waals surface area contributed by atoms with Crippen molar-refractivity contribution >= 4 is 29.9 Å². The smallest absolute Gasteiger partial charge is 0.191 e. The Balaban J connectivity index is 0.00000220. The largest absolute Gasteiger partial charge is 0.357 e. The van der Waals surface area contributed by atoms with Gasteiger partial charge in [0.1, 0.15) is 0 Å². The molecule has 0 saturated heterocycles. The molecule has 0 aliphatic heterocycles. The first-order valence-electron chi connectivity index (χ1n) is 7.10. The highest BCUT2D eigenvalue weighted by atomic mass is 127. The Morgan fingerprint density at radius 3 is 2.62 bits per heavy atom. The van der Waals surface area contributed by atoms with E-state index in [9.17, 15) is 8.78 Å². The molecular weight excluding hydrogens is 387 g/mol. The van der Waals surface area contributed by atoms with Crippen LogP contribution in [-0.2, 0) is 0 Å². The molecule has 1 unspecified atom stereocenters. The van der Waals surface area contributed by atoms with E-state index in [2.05, 4.69) is 15.6 Å². The first kappa shape index (κ1) is 18.1. The van der Waals surface area contributed by atoms with Gasteiger partial charge in [-0.2, -0.15) is 0 Å². The second-order valence-corrected chi connectivity index (χ2v) is 5.21. The number of hydrogen-bond acceptors (Lipinski definition) is 1. The molecule has 1 aliphatic rings. The van der Waals surface area contributed by atoms with Gasteiger partial charge >= 0.3 is 0 Å². The van der Waals surface area contributed by atoms with Crippen LogP contribution in [0.5, 0.6) is 0 Å². The van der Waals surface area contributed by atoms with Crippen LogP contribution in [0.4, 0.5) is 8.78 Å². The third-order valence-corrected chi connectivity index (χ3v) is 3.30. The quantitative estimate of drug-likeness (QED) is 0.445. The predicted octanol–water partition coefficient (Wildman–Crippen LogP) is 3.40. The maximum Gasteiger partial charge on any atom is 0.191 e. The lowest BCUT2D eigenvalue weighted by Crippen LogP contribution is -2.38. The first-order valence-corrected chi connectivity index (χ1v) is 7.10. The molecule has 2 N–H and O–H groups in total. The van der Waals surface area contributed by atoms with E-state index < -0.39 is 11.6 Å². The van der Waals surface area contributed by atoms with Crippen molar-refractivity contribution in [3.05, 3.63) is 35.4 Å². The first-order chi connectivity index (χ1) is 9.60. The van der Waals surface area contributed by atoms with Gasteiger partial charge in [0, 0.05) is 25.0 Å².